The number of hydrogen-bond donors (Lipinski definition) is 1. The van der Waals surface area contributed by atoms with E-state index in [2.05, 4.69) is 9.88 Å². The number of sulfonamides is 2. The smallest absolute Gasteiger partial charge is 0.267 e. The molecule has 0 atom stereocenters. The molecule has 0 bridgehead atoms. The van der Waals surface area contributed by atoms with E-state index in [1.807, 2.05) is 0 Å². The van der Waals surface area contributed by atoms with Crippen LogP contribution in [-0.2, 0) is 20.0 Å². The first-order chi connectivity index (χ1) is 11.6. The van der Waals surface area contributed by atoms with E-state index in [1.165, 1.54) is 24.2 Å². The third-order valence-corrected chi connectivity index (χ3v) is 6.68. The lowest BCUT2D eigenvalue weighted by Crippen LogP contribution is -2.33. The Labute approximate surface area is 146 Å². The van der Waals surface area contributed by atoms with Gasteiger partial charge in [0.15, 0.2) is 10.7 Å². The van der Waals surface area contributed by atoms with E-state index in [0.717, 1.165) is 19.1 Å². The van der Waals surface area contributed by atoms with Crippen LogP contribution in [-0.4, -0.2) is 34.3 Å². The Bertz CT molecular complexity index is 988. The molecule has 8 nitrogen and oxygen atoms in total. The van der Waals surface area contributed by atoms with Crippen LogP contribution < -0.4 is 9.03 Å². The number of rotatable bonds is 6. The van der Waals surface area contributed by atoms with Crippen molar-refractivity contribution in [2.75, 3.05) is 15.3 Å². The molecular formula is C15H19N3O5S2. The van der Waals surface area contributed by atoms with Gasteiger partial charge in [0.25, 0.3) is 10.0 Å². The van der Waals surface area contributed by atoms with Crippen LogP contribution in [0.4, 0.5) is 11.4 Å². The minimum atomic E-state index is -3.97. The van der Waals surface area contributed by atoms with Gasteiger partial charge in [0.05, 0.1) is 17.6 Å². The molecule has 0 amide bonds. The number of aryl methyl sites for hydroxylation is 2. The Balaban J connectivity index is 2.05. The average molecular weight is 385 g/mol. The van der Waals surface area contributed by atoms with Gasteiger partial charge in [0.2, 0.25) is 10.0 Å². The molecule has 1 saturated carbocycles. The van der Waals surface area contributed by atoms with Crippen molar-refractivity contribution in [2.24, 2.45) is 0 Å². The van der Waals surface area contributed by atoms with Crippen LogP contribution in [0.3, 0.4) is 0 Å². The normalized spacial score (nSPS) is 15.2. The number of nitrogens with zero attached hydrogens (tertiary/aromatic N) is 2. The Kier molecular flexibility index (Phi) is 4.28. The number of para-hydroxylation sites is 2. The number of hydrogen-bond acceptors (Lipinski definition) is 6. The minimum absolute atomic E-state index is 0.0420. The lowest BCUT2D eigenvalue weighted by atomic mass is 10.2. The molecule has 25 heavy (non-hydrogen) atoms. The fourth-order valence-corrected chi connectivity index (χ4v) is 5.44. The van der Waals surface area contributed by atoms with Crippen LogP contribution in [0.15, 0.2) is 33.7 Å². The molecule has 1 heterocycles. The fraction of sp³-hybridized carbons (Fsp3) is 0.400. The molecule has 1 aliphatic rings. The molecule has 2 aromatic rings. The van der Waals surface area contributed by atoms with Gasteiger partial charge in [-0.15, -0.1) is 0 Å². The summed E-state index contributed by atoms with van der Waals surface area (Å²) in [5.41, 5.74) is 0.743. The second-order valence-corrected chi connectivity index (χ2v) is 9.54. The largest absolute Gasteiger partial charge is 0.360 e. The highest BCUT2D eigenvalue weighted by Gasteiger charge is 2.37. The third kappa shape index (κ3) is 3.49. The molecule has 0 unspecified atom stereocenters. The zero-order valence-corrected chi connectivity index (χ0v) is 15.7. The van der Waals surface area contributed by atoms with Crippen molar-refractivity contribution < 1.29 is 21.4 Å². The van der Waals surface area contributed by atoms with Crippen LogP contribution in [0.5, 0.6) is 0 Å². The highest BCUT2D eigenvalue weighted by molar-refractivity contribution is 7.93. The zero-order chi connectivity index (χ0) is 18.4. The van der Waals surface area contributed by atoms with E-state index in [9.17, 15) is 16.8 Å². The van der Waals surface area contributed by atoms with Crippen molar-refractivity contribution in [1.82, 2.24) is 5.16 Å². The average Bonchev–Trinajstić information content (AvgIpc) is 3.24. The summed E-state index contributed by atoms with van der Waals surface area (Å²) in [6.45, 7) is 3.04. The van der Waals surface area contributed by atoms with Crippen LogP contribution in [0.25, 0.3) is 0 Å². The van der Waals surface area contributed by atoms with E-state index in [1.54, 1.807) is 18.2 Å². The predicted octanol–water partition coefficient (Wildman–Crippen LogP) is 2.02. The summed E-state index contributed by atoms with van der Waals surface area (Å²) in [6, 6.07) is 6.29. The van der Waals surface area contributed by atoms with Gasteiger partial charge in [0.1, 0.15) is 5.69 Å². The molecule has 3 rings (SSSR count). The summed E-state index contributed by atoms with van der Waals surface area (Å²) in [6.07, 6.45) is 2.61. The Morgan fingerprint density at radius 1 is 1.16 bits per heavy atom. The number of anilines is 2. The molecule has 136 valence electrons. The molecule has 0 radical (unpaired) electrons. The SMILES string of the molecule is Cc1noc(C)c1S(=O)(=O)Nc1ccccc1N(C1CC1)S(C)(=O)=O. The van der Waals surface area contributed by atoms with Crippen molar-refractivity contribution in [3.63, 3.8) is 0 Å². The Hall–Kier alpha value is -2.07. The van der Waals surface area contributed by atoms with Gasteiger partial charge in [-0.05, 0) is 38.8 Å². The molecule has 0 spiro atoms. The highest BCUT2D eigenvalue weighted by Crippen LogP contribution is 2.38. The molecule has 1 fully saturated rings. The Morgan fingerprint density at radius 3 is 2.32 bits per heavy atom. The van der Waals surface area contributed by atoms with E-state index in [-0.39, 0.29) is 28.1 Å². The number of benzene rings is 1. The summed E-state index contributed by atoms with van der Waals surface area (Å²) >= 11 is 0. The zero-order valence-electron chi connectivity index (χ0n) is 14.1. The quantitative estimate of drug-likeness (QED) is 0.815. The van der Waals surface area contributed by atoms with E-state index < -0.39 is 20.0 Å². The van der Waals surface area contributed by atoms with Crippen LogP contribution in [0.2, 0.25) is 0 Å². The minimum Gasteiger partial charge on any atom is -0.360 e. The van der Waals surface area contributed by atoms with Gasteiger partial charge >= 0.3 is 0 Å². The molecule has 1 aliphatic carbocycles. The monoisotopic (exact) mass is 385 g/mol. The molecule has 0 saturated heterocycles. The lowest BCUT2D eigenvalue weighted by molar-refractivity contribution is 0.390. The fourth-order valence-electron chi connectivity index (χ4n) is 2.76. The van der Waals surface area contributed by atoms with Crippen molar-refractivity contribution in [2.45, 2.75) is 37.6 Å². The van der Waals surface area contributed by atoms with Gasteiger partial charge in [-0.2, -0.15) is 0 Å². The molecule has 1 aromatic carbocycles. The summed E-state index contributed by atoms with van der Waals surface area (Å²) < 4.78 is 58.5. The first-order valence-corrected chi connectivity index (χ1v) is 11.0. The number of nitrogens with one attached hydrogen (secondary N) is 1. The van der Waals surface area contributed by atoms with Crippen LogP contribution in [0.1, 0.15) is 24.3 Å². The first-order valence-electron chi connectivity index (χ1n) is 7.65. The van der Waals surface area contributed by atoms with Crippen molar-refractivity contribution in [3.05, 3.63) is 35.7 Å². The summed E-state index contributed by atoms with van der Waals surface area (Å²) in [5, 5.41) is 3.66. The van der Waals surface area contributed by atoms with Gasteiger partial charge in [-0.3, -0.25) is 9.03 Å². The van der Waals surface area contributed by atoms with E-state index >= 15 is 0 Å². The molecular weight excluding hydrogens is 366 g/mol. The second kappa shape index (κ2) is 6.03. The predicted molar refractivity (Wildman–Crippen MR) is 93.6 cm³/mol. The van der Waals surface area contributed by atoms with Gasteiger partial charge in [0, 0.05) is 6.04 Å². The number of aromatic nitrogens is 1. The maximum Gasteiger partial charge on any atom is 0.267 e. The third-order valence-electron chi connectivity index (χ3n) is 3.86. The summed E-state index contributed by atoms with van der Waals surface area (Å²) in [7, 11) is -7.50. The summed E-state index contributed by atoms with van der Waals surface area (Å²) in [5.74, 6) is 0.171. The molecule has 0 aliphatic heterocycles. The first kappa shape index (κ1) is 17.7. The van der Waals surface area contributed by atoms with Gasteiger partial charge in [-0.1, -0.05) is 17.3 Å². The van der Waals surface area contributed by atoms with Gasteiger partial charge in [-0.25, -0.2) is 16.8 Å². The molecule has 1 aromatic heterocycles. The van der Waals surface area contributed by atoms with Crippen LogP contribution in [0, 0.1) is 13.8 Å². The topological polar surface area (TPSA) is 110 Å². The van der Waals surface area contributed by atoms with Gasteiger partial charge < -0.3 is 4.52 Å². The van der Waals surface area contributed by atoms with Crippen molar-refractivity contribution >= 4 is 31.4 Å². The maximum atomic E-state index is 12.7. The molecule has 10 heteroatoms. The lowest BCUT2D eigenvalue weighted by Gasteiger charge is -2.25. The van der Waals surface area contributed by atoms with Crippen molar-refractivity contribution in [1.29, 1.82) is 0 Å². The van der Waals surface area contributed by atoms with Crippen molar-refractivity contribution in [3.8, 4) is 0 Å². The standard InChI is InChI=1S/C15H19N3O5S2/c1-10-15(11(2)23-16-10)25(21,22)17-13-6-4-5-7-14(13)18(12-8-9-12)24(3,19)20/h4-7,12,17H,8-9H2,1-3H3. The Morgan fingerprint density at radius 2 is 1.80 bits per heavy atom. The highest BCUT2D eigenvalue weighted by atomic mass is 32.2. The summed E-state index contributed by atoms with van der Waals surface area (Å²) in [4.78, 5) is -0.0420. The second-order valence-electron chi connectivity index (χ2n) is 6.07. The molecule has 1 N–H and O–H groups in total. The van der Waals surface area contributed by atoms with E-state index in [4.69, 9.17) is 4.52 Å². The van der Waals surface area contributed by atoms with Crippen LogP contribution >= 0.6 is 0 Å². The maximum absolute atomic E-state index is 12.7. The van der Waals surface area contributed by atoms with E-state index in [0.29, 0.717) is 5.69 Å².